The highest BCUT2D eigenvalue weighted by atomic mass is 19.1. The van der Waals surface area contributed by atoms with Gasteiger partial charge in [-0.25, -0.2) is 8.78 Å². The van der Waals surface area contributed by atoms with Gasteiger partial charge in [0.2, 0.25) is 0 Å². The minimum atomic E-state index is -0.314. The van der Waals surface area contributed by atoms with Gasteiger partial charge in [-0.2, -0.15) is 0 Å². The largest absolute Gasteiger partial charge is 0.370 e. The summed E-state index contributed by atoms with van der Waals surface area (Å²) in [5.41, 5.74) is 7.61. The summed E-state index contributed by atoms with van der Waals surface area (Å²) in [6, 6.07) is 11.2. The van der Waals surface area contributed by atoms with Gasteiger partial charge in [-0.3, -0.25) is 0 Å². The zero-order chi connectivity index (χ0) is 13.8. The molecule has 0 amide bonds. The van der Waals surface area contributed by atoms with Gasteiger partial charge in [-0.1, -0.05) is 18.2 Å². The fourth-order valence-electron chi connectivity index (χ4n) is 2.10. The van der Waals surface area contributed by atoms with Gasteiger partial charge < -0.3 is 10.6 Å². The molecule has 0 heterocycles. The molecular weight excluding hydrogens is 246 g/mol. The van der Waals surface area contributed by atoms with Gasteiger partial charge >= 0.3 is 0 Å². The summed E-state index contributed by atoms with van der Waals surface area (Å²) < 4.78 is 26.8. The van der Waals surface area contributed by atoms with E-state index < -0.39 is 0 Å². The molecule has 2 aromatic rings. The van der Waals surface area contributed by atoms with Gasteiger partial charge in [0.05, 0.1) is 0 Å². The van der Waals surface area contributed by atoms with E-state index >= 15 is 0 Å². The Morgan fingerprint density at radius 3 is 2.53 bits per heavy atom. The van der Waals surface area contributed by atoms with Crippen LogP contribution >= 0.6 is 0 Å². The number of hydrogen-bond donors (Lipinski definition) is 1. The molecular formula is C15H16F2N2. The molecule has 2 N–H and O–H groups in total. The number of halogens is 2. The Balaban J connectivity index is 2.25. The predicted molar refractivity (Wildman–Crippen MR) is 72.8 cm³/mol. The van der Waals surface area contributed by atoms with Crippen LogP contribution in [-0.4, -0.2) is 7.05 Å². The first-order valence-electron chi connectivity index (χ1n) is 6.05. The second-order valence-corrected chi connectivity index (χ2v) is 4.43. The van der Waals surface area contributed by atoms with E-state index in [1.54, 1.807) is 12.1 Å². The van der Waals surface area contributed by atoms with Gasteiger partial charge in [-0.15, -0.1) is 0 Å². The number of anilines is 1. The highest BCUT2D eigenvalue weighted by Crippen LogP contribution is 2.23. The molecule has 2 nitrogen and oxygen atoms in total. The van der Waals surface area contributed by atoms with Crippen LogP contribution in [0.25, 0.3) is 0 Å². The van der Waals surface area contributed by atoms with Gasteiger partial charge in [0.15, 0.2) is 0 Å². The topological polar surface area (TPSA) is 29.3 Å². The molecule has 0 unspecified atom stereocenters. The first kappa shape index (κ1) is 13.5. The Kier molecular flexibility index (Phi) is 4.12. The lowest BCUT2D eigenvalue weighted by Gasteiger charge is -2.22. The zero-order valence-corrected chi connectivity index (χ0v) is 10.7. The lowest BCUT2D eigenvalue weighted by molar-refractivity contribution is 0.609. The van der Waals surface area contributed by atoms with Crippen LogP contribution in [0.4, 0.5) is 14.5 Å². The van der Waals surface area contributed by atoms with Crippen LogP contribution in [-0.2, 0) is 13.1 Å². The minimum absolute atomic E-state index is 0.134. The molecule has 0 aromatic heterocycles. The van der Waals surface area contributed by atoms with E-state index in [9.17, 15) is 8.78 Å². The van der Waals surface area contributed by atoms with Crippen LogP contribution in [0.5, 0.6) is 0 Å². The maximum Gasteiger partial charge on any atom is 0.129 e. The van der Waals surface area contributed by atoms with E-state index in [0.29, 0.717) is 12.1 Å². The summed E-state index contributed by atoms with van der Waals surface area (Å²) in [6.07, 6.45) is 0. The van der Waals surface area contributed by atoms with Gasteiger partial charge in [0.25, 0.3) is 0 Å². The van der Waals surface area contributed by atoms with Gasteiger partial charge in [0, 0.05) is 31.4 Å². The Hall–Kier alpha value is -1.94. The summed E-state index contributed by atoms with van der Waals surface area (Å²) in [4.78, 5) is 1.86. The quantitative estimate of drug-likeness (QED) is 0.917. The number of rotatable bonds is 4. The van der Waals surface area contributed by atoms with E-state index in [4.69, 9.17) is 5.73 Å². The van der Waals surface area contributed by atoms with Crippen molar-refractivity contribution >= 4 is 5.69 Å². The van der Waals surface area contributed by atoms with Crippen LogP contribution in [0.15, 0.2) is 42.5 Å². The van der Waals surface area contributed by atoms with Crippen molar-refractivity contribution in [3.8, 4) is 0 Å². The molecule has 0 atom stereocenters. The van der Waals surface area contributed by atoms with Gasteiger partial charge in [0.1, 0.15) is 11.6 Å². The second-order valence-electron chi connectivity index (χ2n) is 4.43. The third-order valence-electron chi connectivity index (χ3n) is 3.02. The standard InChI is InChI=1S/C15H16F2N2/c1-19(10-11-4-2-5-12(16)8-11)15-7-3-6-14(17)13(15)9-18/h2-8H,9-10,18H2,1H3. The fraction of sp³-hybridized carbons (Fsp3) is 0.200. The van der Waals surface area contributed by atoms with Crippen molar-refractivity contribution in [1.29, 1.82) is 0 Å². The normalized spacial score (nSPS) is 10.5. The third kappa shape index (κ3) is 3.09. The average molecular weight is 262 g/mol. The Bertz CT molecular complexity index is 570. The van der Waals surface area contributed by atoms with Crippen molar-refractivity contribution in [1.82, 2.24) is 0 Å². The second kappa shape index (κ2) is 5.80. The first-order valence-corrected chi connectivity index (χ1v) is 6.05. The van der Waals surface area contributed by atoms with E-state index in [2.05, 4.69) is 0 Å². The molecule has 4 heteroatoms. The van der Waals surface area contributed by atoms with Crippen LogP contribution in [0, 0.1) is 11.6 Å². The van der Waals surface area contributed by atoms with Gasteiger partial charge in [-0.05, 0) is 29.8 Å². The molecule has 0 bridgehead atoms. The lowest BCUT2D eigenvalue weighted by atomic mass is 10.1. The monoisotopic (exact) mass is 262 g/mol. The molecule has 2 aromatic carbocycles. The first-order chi connectivity index (χ1) is 9.11. The van der Waals surface area contributed by atoms with Crippen molar-refractivity contribution in [2.45, 2.75) is 13.1 Å². The van der Waals surface area contributed by atoms with E-state index in [1.807, 2.05) is 24.1 Å². The third-order valence-corrected chi connectivity index (χ3v) is 3.02. The summed E-state index contributed by atoms with van der Waals surface area (Å²) in [7, 11) is 1.83. The smallest absolute Gasteiger partial charge is 0.129 e. The molecule has 2 rings (SSSR count). The molecule has 0 aliphatic rings. The highest BCUT2D eigenvalue weighted by molar-refractivity contribution is 5.54. The number of hydrogen-bond acceptors (Lipinski definition) is 2. The Morgan fingerprint density at radius 1 is 1.11 bits per heavy atom. The zero-order valence-electron chi connectivity index (χ0n) is 10.7. The highest BCUT2D eigenvalue weighted by Gasteiger charge is 2.11. The van der Waals surface area contributed by atoms with Crippen molar-refractivity contribution in [2.75, 3.05) is 11.9 Å². The van der Waals surface area contributed by atoms with Crippen molar-refractivity contribution < 1.29 is 8.78 Å². The molecule has 0 saturated heterocycles. The number of benzene rings is 2. The van der Waals surface area contributed by atoms with E-state index in [-0.39, 0.29) is 18.2 Å². The molecule has 100 valence electrons. The van der Waals surface area contributed by atoms with Crippen LogP contribution in [0.3, 0.4) is 0 Å². The number of nitrogens with zero attached hydrogens (tertiary/aromatic N) is 1. The van der Waals surface area contributed by atoms with E-state index in [0.717, 1.165) is 11.3 Å². The van der Waals surface area contributed by atoms with Crippen LogP contribution < -0.4 is 10.6 Å². The Labute approximate surface area is 111 Å². The molecule has 0 aliphatic heterocycles. The van der Waals surface area contributed by atoms with Crippen molar-refractivity contribution in [3.05, 3.63) is 65.2 Å². The van der Waals surface area contributed by atoms with Crippen LogP contribution in [0.2, 0.25) is 0 Å². The average Bonchev–Trinajstić information content (AvgIpc) is 2.38. The maximum atomic E-state index is 13.6. The molecule has 0 saturated carbocycles. The van der Waals surface area contributed by atoms with Crippen molar-refractivity contribution in [3.63, 3.8) is 0 Å². The molecule has 0 fully saturated rings. The number of nitrogens with two attached hydrogens (primary N) is 1. The lowest BCUT2D eigenvalue weighted by Crippen LogP contribution is -2.19. The molecule has 0 aliphatic carbocycles. The minimum Gasteiger partial charge on any atom is -0.370 e. The Morgan fingerprint density at radius 2 is 1.84 bits per heavy atom. The van der Waals surface area contributed by atoms with Crippen LogP contribution in [0.1, 0.15) is 11.1 Å². The SMILES string of the molecule is CN(Cc1cccc(F)c1)c1cccc(F)c1CN. The summed E-state index contributed by atoms with van der Waals surface area (Å²) >= 11 is 0. The summed E-state index contributed by atoms with van der Waals surface area (Å²) in [6.45, 7) is 0.629. The van der Waals surface area contributed by atoms with E-state index in [1.165, 1.54) is 18.2 Å². The molecule has 19 heavy (non-hydrogen) atoms. The maximum absolute atomic E-state index is 13.6. The fourth-order valence-corrected chi connectivity index (χ4v) is 2.10. The molecule has 0 radical (unpaired) electrons. The summed E-state index contributed by atoms with van der Waals surface area (Å²) in [5.74, 6) is -0.588. The van der Waals surface area contributed by atoms with Crippen molar-refractivity contribution in [2.24, 2.45) is 5.73 Å². The molecule has 0 spiro atoms. The predicted octanol–water partition coefficient (Wildman–Crippen LogP) is 3.06. The summed E-state index contributed by atoms with van der Waals surface area (Å²) in [5, 5.41) is 0.